The van der Waals surface area contributed by atoms with E-state index in [9.17, 15) is 28.1 Å². The van der Waals surface area contributed by atoms with Crippen LogP contribution in [0.4, 0.5) is 18.9 Å². The number of aromatic nitrogens is 1. The summed E-state index contributed by atoms with van der Waals surface area (Å²) in [4.78, 5) is 25.6. The van der Waals surface area contributed by atoms with E-state index in [-0.39, 0.29) is 29.4 Å². The van der Waals surface area contributed by atoms with Gasteiger partial charge in [-0.15, -0.1) is 0 Å². The normalized spacial score (nSPS) is 10.9. The number of pyridine rings is 1. The minimum atomic E-state index is -4.51. The minimum absolute atomic E-state index is 0.127. The Bertz CT molecular complexity index is 814. The molecule has 2 aromatic rings. The molecule has 0 saturated heterocycles. The molecule has 0 aliphatic carbocycles. The number of alkyl halides is 3. The summed E-state index contributed by atoms with van der Waals surface area (Å²) in [7, 11) is 0. The van der Waals surface area contributed by atoms with Gasteiger partial charge in [0.25, 0.3) is 11.6 Å². The molecule has 0 bridgehead atoms. The summed E-state index contributed by atoms with van der Waals surface area (Å²) in [5.41, 5.74) is 0.0696. The lowest BCUT2D eigenvalue weighted by Crippen LogP contribution is -2.29. The monoisotopic (exact) mass is 385 g/mol. The Labute approximate surface area is 151 Å². The van der Waals surface area contributed by atoms with Crippen molar-refractivity contribution in [1.82, 2.24) is 10.3 Å². The van der Waals surface area contributed by atoms with Gasteiger partial charge >= 0.3 is 6.18 Å². The third kappa shape index (κ3) is 6.80. The Morgan fingerprint density at radius 1 is 1.22 bits per heavy atom. The first-order valence-electron chi connectivity index (χ1n) is 7.52. The van der Waals surface area contributed by atoms with Crippen molar-refractivity contribution in [2.24, 2.45) is 0 Å². The Hall–Kier alpha value is -3.37. The van der Waals surface area contributed by atoms with Gasteiger partial charge in [0.1, 0.15) is 5.75 Å². The molecule has 11 heteroatoms. The smallest absolute Gasteiger partial charge is 0.422 e. The van der Waals surface area contributed by atoms with Gasteiger partial charge in [-0.2, -0.15) is 13.2 Å². The van der Waals surface area contributed by atoms with Gasteiger partial charge in [0.05, 0.1) is 11.0 Å². The van der Waals surface area contributed by atoms with Crippen LogP contribution < -0.4 is 14.8 Å². The molecule has 2 rings (SSSR count). The van der Waals surface area contributed by atoms with E-state index < -0.39 is 30.2 Å². The van der Waals surface area contributed by atoms with Crippen molar-refractivity contribution in [1.29, 1.82) is 0 Å². The van der Waals surface area contributed by atoms with Gasteiger partial charge in [-0.3, -0.25) is 14.9 Å². The molecule has 8 nitrogen and oxygen atoms in total. The fourth-order valence-electron chi connectivity index (χ4n) is 1.92. The Kier molecular flexibility index (Phi) is 6.52. The highest BCUT2D eigenvalue weighted by Crippen LogP contribution is 2.20. The lowest BCUT2D eigenvalue weighted by atomic mass is 10.2. The molecule has 0 aliphatic heterocycles. The van der Waals surface area contributed by atoms with Crippen LogP contribution in [0.3, 0.4) is 0 Å². The van der Waals surface area contributed by atoms with Crippen molar-refractivity contribution >= 4 is 11.6 Å². The molecule has 1 heterocycles. The van der Waals surface area contributed by atoms with Gasteiger partial charge < -0.3 is 14.8 Å². The van der Waals surface area contributed by atoms with Crippen LogP contribution in [0.2, 0.25) is 0 Å². The summed E-state index contributed by atoms with van der Waals surface area (Å²) < 4.78 is 46.5. The molecule has 1 aromatic heterocycles. The maximum Gasteiger partial charge on any atom is 0.422 e. The summed E-state index contributed by atoms with van der Waals surface area (Å²) in [6, 6.07) is 8.24. The molecular weight excluding hydrogens is 371 g/mol. The maximum atomic E-state index is 12.2. The zero-order valence-corrected chi connectivity index (χ0v) is 13.7. The molecule has 0 aliphatic rings. The lowest BCUT2D eigenvalue weighted by molar-refractivity contribution is -0.384. The Morgan fingerprint density at radius 3 is 2.70 bits per heavy atom. The third-order valence-corrected chi connectivity index (χ3v) is 3.10. The van der Waals surface area contributed by atoms with Gasteiger partial charge in [0, 0.05) is 24.4 Å². The highest BCUT2D eigenvalue weighted by Gasteiger charge is 2.29. The van der Waals surface area contributed by atoms with E-state index in [1.165, 1.54) is 36.5 Å². The number of nitrogens with one attached hydrogen (secondary N) is 1. The summed E-state index contributed by atoms with van der Waals surface area (Å²) in [6.07, 6.45) is -3.24. The molecule has 27 heavy (non-hydrogen) atoms. The molecule has 0 saturated carbocycles. The lowest BCUT2D eigenvalue weighted by Gasteiger charge is -2.12. The second-order valence-electron chi connectivity index (χ2n) is 5.19. The number of rotatable bonds is 8. The van der Waals surface area contributed by atoms with Crippen LogP contribution in [-0.2, 0) is 11.3 Å². The quantitative estimate of drug-likeness (QED) is 0.553. The van der Waals surface area contributed by atoms with Gasteiger partial charge in [0.2, 0.25) is 5.88 Å². The van der Waals surface area contributed by atoms with Gasteiger partial charge in [0.15, 0.2) is 13.2 Å². The van der Waals surface area contributed by atoms with Crippen LogP contribution in [-0.4, -0.2) is 35.2 Å². The zero-order valence-electron chi connectivity index (χ0n) is 13.7. The highest BCUT2D eigenvalue weighted by molar-refractivity contribution is 5.77. The van der Waals surface area contributed by atoms with Crippen molar-refractivity contribution in [3.05, 3.63) is 58.3 Å². The number of amides is 1. The maximum absolute atomic E-state index is 12.2. The second kappa shape index (κ2) is 8.83. The predicted octanol–water partition coefficient (Wildman–Crippen LogP) is 2.63. The van der Waals surface area contributed by atoms with Crippen LogP contribution in [0, 0.1) is 10.1 Å². The number of halogens is 3. The van der Waals surface area contributed by atoms with Gasteiger partial charge in [-0.05, 0) is 12.1 Å². The van der Waals surface area contributed by atoms with Crippen LogP contribution in [0.1, 0.15) is 5.56 Å². The van der Waals surface area contributed by atoms with Crippen molar-refractivity contribution < 1.29 is 32.4 Å². The topological polar surface area (TPSA) is 104 Å². The van der Waals surface area contributed by atoms with Gasteiger partial charge in [-0.1, -0.05) is 12.1 Å². The molecule has 0 atom stereocenters. The van der Waals surface area contributed by atoms with E-state index in [0.29, 0.717) is 0 Å². The molecule has 1 N–H and O–H groups in total. The zero-order chi connectivity index (χ0) is 19.9. The third-order valence-electron chi connectivity index (χ3n) is 3.10. The number of carbonyl (C=O) groups is 1. The average molecular weight is 385 g/mol. The fraction of sp³-hybridized carbons (Fsp3) is 0.250. The molecule has 144 valence electrons. The number of carbonyl (C=O) groups excluding carboxylic acids is 1. The molecular formula is C16H14F3N3O5. The number of hydrogen-bond donors (Lipinski definition) is 1. The van der Waals surface area contributed by atoms with E-state index >= 15 is 0 Å². The standard InChI is InChI=1S/C16H14F3N3O5/c17-16(18,19)10-27-15-11(3-2-6-20-15)8-21-14(23)9-26-13-5-1-4-12(7-13)22(24)25/h1-7H,8-10H2,(H,21,23). The molecule has 1 amide bonds. The van der Waals surface area contributed by atoms with Crippen molar-refractivity contribution in [2.45, 2.75) is 12.7 Å². The van der Waals surface area contributed by atoms with E-state index in [2.05, 4.69) is 15.0 Å². The first-order chi connectivity index (χ1) is 12.7. The summed E-state index contributed by atoms with van der Waals surface area (Å²) in [5, 5.41) is 13.1. The molecule has 0 radical (unpaired) electrons. The second-order valence-corrected chi connectivity index (χ2v) is 5.19. The van der Waals surface area contributed by atoms with Crippen LogP contribution in [0.15, 0.2) is 42.6 Å². The van der Waals surface area contributed by atoms with E-state index in [4.69, 9.17) is 4.74 Å². The number of nitro benzene ring substituents is 1. The van der Waals surface area contributed by atoms with Crippen molar-refractivity contribution in [3.63, 3.8) is 0 Å². The van der Waals surface area contributed by atoms with Crippen molar-refractivity contribution in [3.8, 4) is 11.6 Å². The fourth-order valence-corrected chi connectivity index (χ4v) is 1.92. The number of nitrogens with zero attached hydrogens (tertiary/aromatic N) is 2. The molecule has 0 unspecified atom stereocenters. The number of nitro groups is 1. The molecule has 0 spiro atoms. The summed E-state index contributed by atoms with van der Waals surface area (Å²) in [6.45, 7) is -2.06. The average Bonchev–Trinajstić information content (AvgIpc) is 2.63. The predicted molar refractivity (Wildman–Crippen MR) is 86.2 cm³/mol. The molecule has 0 fully saturated rings. The summed E-state index contributed by atoms with van der Waals surface area (Å²) in [5.74, 6) is -0.684. The van der Waals surface area contributed by atoms with Crippen LogP contribution >= 0.6 is 0 Å². The summed E-state index contributed by atoms with van der Waals surface area (Å²) >= 11 is 0. The number of ether oxygens (including phenoxy) is 2. The van der Waals surface area contributed by atoms with E-state index in [1.807, 2.05) is 0 Å². The van der Waals surface area contributed by atoms with Crippen LogP contribution in [0.25, 0.3) is 0 Å². The minimum Gasteiger partial charge on any atom is -0.484 e. The SMILES string of the molecule is O=C(COc1cccc([N+](=O)[O-])c1)NCc1cccnc1OCC(F)(F)F. The van der Waals surface area contributed by atoms with Crippen molar-refractivity contribution in [2.75, 3.05) is 13.2 Å². The largest absolute Gasteiger partial charge is 0.484 e. The molecule has 1 aromatic carbocycles. The highest BCUT2D eigenvalue weighted by atomic mass is 19.4. The Balaban J connectivity index is 1.87. The van der Waals surface area contributed by atoms with Crippen LogP contribution in [0.5, 0.6) is 11.6 Å². The number of non-ortho nitro benzene ring substituents is 1. The first-order valence-corrected chi connectivity index (χ1v) is 7.52. The van der Waals surface area contributed by atoms with Gasteiger partial charge in [-0.25, -0.2) is 4.98 Å². The van der Waals surface area contributed by atoms with E-state index in [0.717, 1.165) is 6.07 Å². The van der Waals surface area contributed by atoms with E-state index in [1.54, 1.807) is 0 Å². The first kappa shape index (κ1) is 19.9. The Morgan fingerprint density at radius 2 is 2.00 bits per heavy atom. The number of benzene rings is 1. The number of hydrogen-bond acceptors (Lipinski definition) is 6.